The maximum Gasteiger partial charge on any atom is 0.238 e. The third kappa shape index (κ3) is 4.16. The minimum absolute atomic E-state index is 0.0697. The Bertz CT molecular complexity index is 895. The van der Waals surface area contributed by atoms with Crippen LogP contribution in [0.3, 0.4) is 0 Å². The zero-order chi connectivity index (χ0) is 18.7. The SMILES string of the molecule is O=C(CS(=O)(=O)c1ccc(Cl)cc1)N1CCN(c2ccccc2F)CC1. The Morgan fingerprint density at radius 2 is 1.62 bits per heavy atom. The van der Waals surface area contributed by atoms with Gasteiger partial charge in [0.05, 0.1) is 10.6 Å². The van der Waals surface area contributed by atoms with E-state index in [-0.39, 0.29) is 10.7 Å². The molecule has 1 saturated heterocycles. The van der Waals surface area contributed by atoms with Gasteiger partial charge >= 0.3 is 0 Å². The Labute approximate surface area is 156 Å². The van der Waals surface area contributed by atoms with E-state index < -0.39 is 21.5 Å². The molecule has 1 amide bonds. The van der Waals surface area contributed by atoms with Crippen LogP contribution in [-0.2, 0) is 14.6 Å². The van der Waals surface area contributed by atoms with Crippen LogP contribution < -0.4 is 4.90 Å². The molecule has 1 fully saturated rings. The van der Waals surface area contributed by atoms with Gasteiger partial charge in [0.1, 0.15) is 11.6 Å². The molecule has 1 aliphatic heterocycles. The van der Waals surface area contributed by atoms with Crippen LogP contribution >= 0.6 is 11.6 Å². The van der Waals surface area contributed by atoms with Gasteiger partial charge in [-0.3, -0.25) is 4.79 Å². The Morgan fingerprint density at radius 1 is 1.00 bits per heavy atom. The minimum Gasteiger partial charge on any atom is -0.366 e. The Balaban J connectivity index is 1.62. The van der Waals surface area contributed by atoms with Gasteiger partial charge in [0, 0.05) is 31.2 Å². The molecular weight excluding hydrogens is 379 g/mol. The van der Waals surface area contributed by atoms with Crippen LogP contribution in [0.2, 0.25) is 5.02 Å². The number of amides is 1. The molecule has 0 unspecified atom stereocenters. The molecular formula is C18H18ClFN2O3S. The van der Waals surface area contributed by atoms with Crippen LogP contribution in [0.1, 0.15) is 0 Å². The van der Waals surface area contributed by atoms with E-state index in [1.165, 1.54) is 35.2 Å². The lowest BCUT2D eigenvalue weighted by molar-refractivity contribution is -0.128. The summed E-state index contributed by atoms with van der Waals surface area (Å²) in [5, 5.41) is 0.430. The van der Waals surface area contributed by atoms with Gasteiger partial charge in [-0.25, -0.2) is 12.8 Å². The summed E-state index contributed by atoms with van der Waals surface area (Å²) >= 11 is 5.76. The molecule has 0 bridgehead atoms. The highest BCUT2D eigenvalue weighted by Gasteiger charge is 2.27. The fourth-order valence-corrected chi connectivity index (χ4v) is 4.24. The van der Waals surface area contributed by atoms with Gasteiger partial charge in [0.2, 0.25) is 5.91 Å². The van der Waals surface area contributed by atoms with E-state index in [9.17, 15) is 17.6 Å². The molecule has 138 valence electrons. The first-order valence-electron chi connectivity index (χ1n) is 8.12. The largest absolute Gasteiger partial charge is 0.366 e. The lowest BCUT2D eigenvalue weighted by atomic mass is 10.2. The zero-order valence-electron chi connectivity index (χ0n) is 13.9. The molecule has 2 aromatic rings. The molecule has 8 heteroatoms. The highest BCUT2D eigenvalue weighted by molar-refractivity contribution is 7.92. The molecule has 0 spiro atoms. The number of para-hydroxylation sites is 1. The number of carbonyl (C=O) groups is 1. The average molecular weight is 397 g/mol. The van der Waals surface area contributed by atoms with E-state index in [2.05, 4.69) is 0 Å². The van der Waals surface area contributed by atoms with Crippen LogP contribution in [0.25, 0.3) is 0 Å². The van der Waals surface area contributed by atoms with Crippen molar-refractivity contribution in [3.63, 3.8) is 0 Å². The van der Waals surface area contributed by atoms with Gasteiger partial charge in [-0.1, -0.05) is 23.7 Å². The normalized spacial score (nSPS) is 15.2. The van der Waals surface area contributed by atoms with Crippen molar-refractivity contribution >= 4 is 33.0 Å². The number of hydrogen-bond donors (Lipinski definition) is 0. The Hall–Kier alpha value is -2.12. The standard InChI is InChI=1S/C18H18ClFN2O3S/c19-14-5-7-15(8-6-14)26(24,25)13-18(23)22-11-9-21(10-12-22)17-4-2-1-3-16(17)20/h1-8H,9-13H2. The summed E-state index contributed by atoms with van der Waals surface area (Å²) in [5.74, 6) is -1.35. The summed E-state index contributed by atoms with van der Waals surface area (Å²) < 4.78 is 38.6. The number of sulfone groups is 1. The van der Waals surface area contributed by atoms with Gasteiger partial charge < -0.3 is 9.80 Å². The highest BCUT2D eigenvalue weighted by atomic mass is 35.5. The van der Waals surface area contributed by atoms with Gasteiger partial charge in [-0.2, -0.15) is 0 Å². The summed E-state index contributed by atoms with van der Waals surface area (Å²) in [6, 6.07) is 12.2. The first kappa shape index (κ1) is 18.7. The van der Waals surface area contributed by atoms with Crippen molar-refractivity contribution < 1.29 is 17.6 Å². The van der Waals surface area contributed by atoms with Crippen LogP contribution in [0.4, 0.5) is 10.1 Å². The molecule has 1 aliphatic rings. The van der Waals surface area contributed by atoms with E-state index >= 15 is 0 Å². The summed E-state index contributed by atoms with van der Waals surface area (Å²) in [4.78, 5) is 15.8. The summed E-state index contributed by atoms with van der Waals surface area (Å²) in [7, 11) is -3.72. The number of anilines is 1. The third-order valence-corrected chi connectivity index (χ3v) is 6.18. The first-order chi connectivity index (χ1) is 12.4. The van der Waals surface area contributed by atoms with Crippen molar-refractivity contribution in [3.05, 3.63) is 59.4 Å². The van der Waals surface area contributed by atoms with E-state index in [1.54, 1.807) is 18.2 Å². The molecule has 0 N–H and O–H groups in total. The maximum absolute atomic E-state index is 13.9. The molecule has 0 aliphatic carbocycles. The molecule has 5 nitrogen and oxygen atoms in total. The quantitative estimate of drug-likeness (QED) is 0.797. The lowest BCUT2D eigenvalue weighted by Gasteiger charge is -2.36. The van der Waals surface area contributed by atoms with E-state index in [4.69, 9.17) is 11.6 Å². The number of benzene rings is 2. The van der Waals surface area contributed by atoms with E-state index in [0.29, 0.717) is 36.9 Å². The number of hydrogen-bond acceptors (Lipinski definition) is 4. The van der Waals surface area contributed by atoms with Crippen molar-refractivity contribution in [2.45, 2.75) is 4.90 Å². The van der Waals surface area contributed by atoms with Crippen molar-refractivity contribution in [1.29, 1.82) is 0 Å². The minimum atomic E-state index is -3.72. The molecule has 0 saturated carbocycles. The number of carbonyl (C=O) groups excluding carboxylic acids is 1. The molecule has 0 radical (unpaired) electrons. The van der Waals surface area contributed by atoms with Crippen molar-refractivity contribution in [2.75, 3.05) is 36.8 Å². The van der Waals surface area contributed by atoms with E-state index in [0.717, 1.165) is 0 Å². The second kappa shape index (κ2) is 7.63. The van der Waals surface area contributed by atoms with Crippen LogP contribution in [-0.4, -0.2) is 51.2 Å². The Morgan fingerprint density at radius 3 is 2.23 bits per heavy atom. The monoisotopic (exact) mass is 396 g/mol. The number of nitrogens with zero attached hydrogens (tertiary/aromatic N) is 2. The third-order valence-electron chi connectivity index (χ3n) is 4.31. The fourth-order valence-electron chi connectivity index (χ4n) is 2.88. The second-order valence-electron chi connectivity index (χ2n) is 6.03. The van der Waals surface area contributed by atoms with Crippen LogP contribution in [0.15, 0.2) is 53.4 Å². The number of halogens is 2. The Kier molecular flexibility index (Phi) is 5.48. The van der Waals surface area contributed by atoms with Gasteiger partial charge in [-0.05, 0) is 36.4 Å². The predicted octanol–water partition coefficient (Wildman–Crippen LogP) is 2.60. The predicted molar refractivity (Wildman–Crippen MR) is 98.7 cm³/mol. The van der Waals surface area contributed by atoms with Crippen molar-refractivity contribution in [2.24, 2.45) is 0 Å². The van der Waals surface area contributed by atoms with Crippen LogP contribution in [0.5, 0.6) is 0 Å². The first-order valence-corrected chi connectivity index (χ1v) is 10.2. The summed E-state index contributed by atoms with van der Waals surface area (Å²) in [6.07, 6.45) is 0. The van der Waals surface area contributed by atoms with Crippen molar-refractivity contribution in [1.82, 2.24) is 4.90 Å². The van der Waals surface area contributed by atoms with Gasteiger partial charge in [-0.15, -0.1) is 0 Å². The topological polar surface area (TPSA) is 57.7 Å². The number of piperazine rings is 1. The van der Waals surface area contributed by atoms with Crippen LogP contribution in [0, 0.1) is 5.82 Å². The van der Waals surface area contributed by atoms with Gasteiger partial charge in [0.25, 0.3) is 0 Å². The van der Waals surface area contributed by atoms with E-state index in [1.807, 2.05) is 4.90 Å². The van der Waals surface area contributed by atoms with Crippen molar-refractivity contribution in [3.8, 4) is 0 Å². The molecule has 1 heterocycles. The molecule has 3 rings (SSSR count). The lowest BCUT2D eigenvalue weighted by Crippen LogP contribution is -2.50. The highest BCUT2D eigenvalue weighted by Crippen LogP contribution is 2.21. The molecule has 2 aromatic carbocycles. The molecule has 0 aromatic heterocycles. The second-order valence-corrected chi connectivity index (χ2v) is 8.46. The average Bonchev–Trinajstić information content (AvgIpc) is 2.62. The smallest absolute Gasteiger partial charge is 0.238 e. The number of rotatable bonds is 4. The maximum atomic E-state index is 13.9. The zero-order valence-corrected chi connectivity index (χ0v) is 15.5. The summed E-state index contributed by atoms with van der Waals surface area (Å²) in [6.45, 7) is 1.61. The fraction of sp³-hybridized carbons (Fsp3) is 0.278. The molecule has 26 heavy (non-hydrogen) atoms. The molecule has 0 atom stereocenters. The van der Waals surface area contributed by atoms with Gasteiger partial charge in [0.15, 0.2) is 9.84 Å². The summed E-state index contributed by atoms with van der Waals surface area (Å²) in [5.41, 5.74) is 0.494.